The van der Waals surface area contributed by atoms with Crippen LogP contribution >= 0.6 is 0 Å². The van der Waals surface area contributed by atoms with Crippen molar-refractivity contribution in [1.29, 1.82) is 0 Å². The summed E-state index contributed by atoms with van der Waals surface area (Å²) in [6.07, 6.45) is 3.29. The molecule has 1 unspecified atom stereocenters. The van der Waals surface area contributed by atoms with Gasteiger partial charge in [-0.25, -0.2) is 0 Å². The smallest absolute Gasteiger partial charge is 0.292 e. The third-order valence-corrected chi connectivity index (χ3v) is 3.30. The van der Waals surface area contributed by atoms with Crippen molar-refractivity contribution in [3.8, 4) is 0 Å². The zero-order valence-corrected chi connectivity index (χ0v) is 12.2. The van der Waals surface area contributed by atoms with Crippen molar-refractivity contribution in [2.45, 2.75) is 19.4 Å². The summed E-state index contributed by atoms with van der Waals surface area (Å²) < 4.78 is 1.60. The van der Waals surface area contributed by atoms with E-state index in [1.165, 1.54) is 6.07 Å². The predicted molar refractivity (Wildman–Crippen MR) is 79.1 cm³/mol. The monoisotopic (exact) mass is 290 g/mol. The number of aromatic nitrogens is 2. The van der Waals surface area contributed by atoms with Gasteiger partial charge in [0.25, 0.3) is 5.69 Å². The van der Waals surface area contributed by atoms with Crippen LogP contribution in [0.4, 0.5) is 11.4 Å². The number of hydrogen-bond donors (Lipinski definition) is 2. The highest BCUT2D eigenvalue weighted by Gasteiger charge is 2.25. The summed E-state index contributed by atoms with van der Waals surface area (Å²) in [5.74, 6) is 0. The van der Waals surface area contributed by atoms with Gasteiger partial charge in [-0.2, -0.15) is 5.10 Å². The summed E-state index contributed by atoms with van der Waals surface area (Å²) in [5.41, 5.74) is 0.665. The normalized spacial score (nSPS) is 13.7. The van der Waals surface area contributed by atoms with E-state index in [0.29, 0.717) is 11.3 Å². The molecule has 0 radical (unpaired) electrons. The molecule has 0 bridgehead atoms. The Balaban J connectivity index is 2.18. The van der Waals surface area contributed by atoms with Crippen LogP contribution in [0.25, 0.3) is 0 Å². The van der Waals surface area contributed by atoms with Gasteiger partial charge in [-0.05, 0) is 25.5 Å². The molecular formula is C14H18N4O3. The number of rotatable bonds is 5. The van der Waals surface area contributed by atoms with Crippen LogP contribution in [0.5, 0.6) is 0 Å². The SMILES string of the molecule is Cc1ccc(NCC(C)(O)c2cnn(C)c2)c([N+](=O)[O-])c1. The van der Waals surface area contributed by atoms with E-state index in [0.717, 1.165) is 5.56 Å². The summed E-state index contributed by atoms with van der Waals surface area (Å²) in [5, 5.41) is 28.5. The lowest BCUT2D eigenvalue weighted by molar-refractivity contribution is -0.384. The number of aryl methyl sites for hydroxylation is 2. The number of aliphatic hydroxyl groups is 1. The number of nitrogens with one attached hydrogen (secondary N) is 1. The van der Waals surface area contributed by atoms with Crippen LogP contribution in [-0.4, -0.2) is 26.4 Å². The third-order valence-electron chi connectivity index (χ3n) is 3.30. The van der Waals surface area contributed by atoms with Crippen molar-refractivity contribution in [3.05, 3.63) is 51.8 Å². The summed E-state index contributed by atoms with van der Waals surface area (Å²) >= 11 is 0. The van der Waals surface area contributed by atoms with E-state index in [1.54, 1.807) is 50.1 Å². The maximum atomic E-state index is 11.1. The van der Waals surface area contributed by atoms with Gasteiger partial charge in [0.05, 0.1) is 11.1 Å². The van der Waals surface area contributed by atoms with Gasteiger partial charge >= 0.3 is 0 Å². The maximum Gasteiger partial charge on any atom is 0.292 e. The van der Waals surface area contributed by atoms with Gasteiger partial charge in [-0.1, -0.05) is 6.07 Å². The van der Waals surface area contributed by atoms with Crippen molar-refractivity contribution in [2.24, 2.45) is 7.05 Å². The predicted octanol–water partition coefficient (Wildman–Crippen LogP) is 1.96. The Kier molecular flexibility index (Phi) is 3.95. The summed E-state index contributed by atoms with van der Waals surface area (Å²) in [7, 11) is 1.76. The highest BCUT2D eigenvalue weighted by Crippen LogP contribution is 2.27. The van der Waals surface area contributed by atoms with Crippen LogP contribution in [0.2, 0.25) is 0 Å². The van der Waals surface area contributed by atoms with E-state index < -0.39 is 10.5 Å². The molecular weight excluding hydrogens is 272 g/mol. The molecule has 1 aromatic heterocycles. The van der Waals surface area contributed by atoms with Gasteiger partial charge in [0.1, 0.15) is 11.3 Å². The zero-order valence-electron chi connectivity index (χ0n) is 12.2. The lowest BCUT2D eigenvalue weighted by Crippen LogP contribution is -2.30. The molecule has 0 amide bonds. The highest BCUT2D eigenvalue weighted by molar-refractivity contribution is 5.62. The molecule has 2 N–H and O–H groups in total. The number of nitro benzene ring substituents is 1. The molecule has 0 aliphatic carbocycles. The maximum absolute atomic E-state index is 11.1. The van der Waals surface area contributed by atoms with E-state index in [2.05, 4.69) is 10.4 Å². The Morgan fingerprint density at radius 2 is 2.24 bits per heavy atom. The molecule has 2 aromatic rings. The fourth-order valence-electron chi connectivity index (χ4n) is 2.01. The molecule has 0 fully saturated rings. The van der Waals surface area contributed by atoms with Gasteiger partial charge in [-0.15, -0.1) is 0 Å². The quantitative estimate of drug-likeness (QED) is 0.648. The summed E-state index contributed by atoms with van der Waals surface area (Å²) in [4.78, 5) is 10.6. The van der Waals surface area contributed by atoms with Crippen molar-refractivity contribution in [1.82, 2.24) is 9.78 Å². The topological polar surface area (TPSA) is 93.2 Å². The molecule has 7 heteroatoms. The molecule has 1 atom stereocenters. The fourth-order valence-corrected chi connectivity index (χ4v) is 2.01. The van der Waals surface area contributed by atoms with Crippen LogP contribution in [0.1, 0.15) is 18.1 Å². The molecule has 0 spiro atoms. The molecule has 7 nitrogen and oxygen atoms in total. The molecule has 0 aliphatic rings. The molecule has 0 saturated carbocycles. The van der Waals surface area contributed by atoms with Gasteiger partial charge in [-0.3, -0.25) is 14.8 Å². The van der Waals surface area contributed by atoms with Crippen LogP contribution < -0.4 is 5.32 Å². The fraction of sp³-hybridized carbons (Fsp3) is 0.357. The number of benzene rings is 1. The van der Waals surface area contributed by atoms with Gasteiger partial charge in [0.15, 0.2) is 0 Å². The minimum absolute atomic E-state index is 0.00279. The number of hydrogen-bond acceptors (Lipinski definition) is 5. The minimum Gasteiger partial charge on any atom is -0.383 e. The van der Waals surface area contributed by atoms with Crippen LogP contribution in [-0.2, 0) is 12.6 Å². The van der Waals surface area contributed by atoms with Gasteiger partial charge in [0, 0.05) is 31.4 Å². The average molecular weight is 290 g/mol. The van der Waals surface area contributed by atoms with Crippen molar-refractivity contribution in [3.63, 3.8) is 0 Å². The Morgan fingerprint density at radius 1 is 1.52 bits per heavy atom. The second kappa shape index (κ2) is 5.53. The zero-order chi connectivity index (χ0) is 15.6. The second-order valence-corrected chi connectivity index (χ2v) is 5.31. The van der Waals surface area contributed by atoms with Crippen molar-refractivity contribution in [2.75, 3.05) is 11.9 Å². The van der Waals surface area contributed by atoms with Crippen LogP contribution in [0.3, 0.4) is 0 Å². The molecule has 2 rings (SSSR count). The van der Waals surface area contributed by atoms with Crippen molar-refractivity contribution >= 4 is 11.4 Å². The van der Waals surface area contributed by atoms with Crippen molar-refractivity contribution < 1.29 is 10.0 Å². The third kappa shape index (κ3) is 3.38. The lowest BCUT2D eigenvalue weighted by atomic mass is 9.99. The second-order valence-electron chi connectivity index (χ2n) is 5.31. The van der Waals surface area contributed by atoms with E-state index in [9.17, 15) is 15.2 Å². The minimum atomic E-state index is -1.17. The van der Waals surface area contributed by atoms with E-state index in [-0.39, 0.29) is 12.2 Å². The molecule has 1 heterocycles. The summed E-state index contributed by atoms with van der Waals surface area (Å²) in [6, 6.07) is 4.93. The molecule has 0 aliphatic heterocycles. The Hall–Kier alpha value is -2.41. The largest absolute Gasteiger partial charge is 0.383 e. The molecule has 1 aromatic carbocycles. The summed E-state index contributed by atoms with van der Waals surface area (Å²) in [6.45, 7) is 3.57. The Bertz CT molecular complexity index is 664. The number of nitro groups is 1. The average Bonchev–Trinajstić information content (AvgIpc) is 2.84. The number of anilines is 1. The molecule has 0 saturated heterocycles. The first-order valence-corrected chi connectivity index (χ1v) is 6.50. The molecule has 112 valence electrons. The van der Waals surface area contributed by atoms with Crippen LogP contribution in [0, 0.1) is 17.0 Å². The van der Waals surface area contributed by atoms with Gasteiger partial charge in [0.2, 0.25) is 0 Å². The Morgan fingerprint density at radius 3 is 2.81 bits per heavy atom. The van der Waals surface area contributed by atoms with E-state index >= 15 is 0 Å². The van der Waals surface area contributed by atoms with Gasteiger partial charge < -0.3 is 10.4 Å². The highest BCUT2D eigenvalue weighted by atomic mass is 16.6. The first kappa shape index (κ1) is 15.0. The first-order valence-electron chi connectivity index (χ1n) is 6.50. The standard InChI is InChI=1S/C14H18N4O3/c1-10-4-5-12(13(6-10)18(20)21)15-9-14(2,19)11-7-16-17(3)8-11/h4-8,15,19H,9H2,1-3H3. The number of nitrogens with zero attached hydrogens (tertiary/aromatic N) is 3. The van der Waals surface area contributed by atoms with Crippen LogP contribution in [0.15, 0.2) is 30.6 Å². The lowest BCUT2D eigenvalue weighted by Gasteiger charge is -2.22. The Labute approximate surface area is 122 Å². The van der Waals surface area contributed by atoms with E-state index in [1.807, 2.05) is 0 Å². The van der Waals surface area contributed by atoms with E-state index in [4.69, 9.17) is 0 Å². The molecule has 21 heavy (non-hydrogen) atoms. The first-order chi connectivity index (χ1) is 9.79.